The van der Waals surface area contributed by atoms with Gasteiger partial charge in [-0.15, -0.1) is 0 Å². The molecule has 0 aromatic heterocycles. The molecule has 26 heavy (non-hydrogen) atoms. The highest BCUT2D eigenvalue weighted by Gasteiger charge is 2.25. The normalized spacial score (nSPS) is 12.8. The second-order valence-corrected chi connectivity index (χ2v) is 5.70. The molecule has 0 spiro atoms. The van der Waals surface area contributed by atoms with E-state index in [4.69, 9.17) is 15.6 Å². The average molecular weight is 356 g/mol. The van der Waals surface area contributed by atoms with Crippen molar-refractivity contribution < 1.29 is 24.2 Å². The Hall–Kier alpha value is -3.19. The first-order chi connectivity index (χ1) is 12.4. The number of hydrogen-bond donors (Lipinski definition) is 3. The summed E-state index contributed by atoms with van der Waals surface area (Å²) >= 11 is 0. The second kappa shape index (κ2) is 8.77. The third kappa shape index (κ3) is 4.90. The molecular formula is C19H20N2O5. The average Bonchev–Trinajstić information content (AvgIpc) is 2.63. The monoisotopic (exact) mass is 356 g/mol. The molecule has 0 aliphatic heterocycles. The maximum absolute atomic E-state index is 12.5. The summed E-state index contributed by atoms with van der Waals surface area (Å²) in [5.74, 6) is -2.21. The van der Waals surface area contributed by atoms with Crippen molar-refractivity contribution in [3.63, 3.8) is 0 Å². The van der Waals surface area contributed by atoms with Gasteiger partial charge in [-0.25, -0.2) is 4.79 Å². The number of nitrogens with one attached hydrogen (secondary N) is 1. The highest BCUT2D eigenvalue weighted by atomic mass is 16.5. The van der Waals surface area contributed by atoms with E-state index in [1.54, 1.807) is 36.4 Å². The van der Waals surface area contributed by atoms with Gasteiger partial charge >= 0.3 is 5.97 Å². The molecule has 2 atom stereocenters. The zero-order chi connectivity index (χ0) is 19.1. The van der Waals surface area contributed by atoms with E-state index in [-0.39, 0.29) is 12.0 Å². The standard InChI is InChI=1S/C19H20N2O5/c1-26-16(13-5-3-2-4-6-13)18(23)21-15(17(20)22)11-12-7-9-14(10-8-12)19(24)25/h2-10,15-16H,11H2,1H3,(H2,20,22)(H,21,23)(H,24,25)/t15-,16+/m0/s1. The van der Waals surface area contributed by atoms with Crippen molar-refractivity contribution >= 4 is 17.8 Å². The van der Waals surface area contributed by atoms with E-state index in [1.807, 2.05) is 6.07 Å². The minimum Gasteiger partial charge on any atom is -0.478 e. The molecule has 0 saturated heterocycles. The van der Waals surface area contributed by atoms with Crippen molar-refractivity contribution in [2.45, 2.75) is 18.6 Å². The molecule has 2 aromatic rings. The van der Waals surface area contributed by atoms with E-state index < -0.39 is 29.9 Å². The van der Waals surface area contributed by atoms with E-state index in [0.717, 1.165) is 0 Å². The van der Waals surface area contributed by atoms with Crippen LogP contribution in [0.5, 0.6) is 0 Å². The number of methoxy groups -OCH3 is 1. The number of nitrogens with two attached hydrogens (primary N) is 1. The van der Waals surface area contributed by atoms with E-state index in [2.05, 4.69) is 5.32 Å². The number of benzene rings is 2. The van der Waals surface area contributed by atoms with Crippen molar-refractivity contribution in [1.82, 2.24) is 5.32 Å². The number of carbonyl (C=O) groups excluding carboxylic acids is 2. The number of aromatic carboxylic acids is 1. The van der Waals surface area contributed by atoms with Gasteiger partial charge in [-0.1, -0.05) is 42.5 Å². The Morgan fingerprint density at radius 2 is 1.69 bits per heavy atom. The Labute approximate surface area is 150 Å². The van der Waals surface area contributed by atoms with Gasteiger partial charge in [0.1, 0.15) is 6.04 Å². The van der Waals surface area contributed by atoms with Crippen LogP contribution in [-0.4, -0.2) is 36.0 Å². The van der Waals surface area contributed by atoms with E-state index >= 15 is 0 Å². The van der Waals surface area contributed by atoms with Gasteiger partial charge in [-0.05, 0) is 23.3 Å². The lowest BCUT2D eigenvalue weighted by Crippen LogP contribution is -2.47. The fraction of sp³-hybridized carbons (Fsp3) is 0.211. The van der Waals surface area contributed by atoms with Crippen molar-refractivity contribution in [1.29, 1.82) is 0 Å². The number of carboxylic acids is 1. The molecule has 0 radical (unpaired) electrons. The zero-order valence-corrected chi connectivity index (χ0v) is 14.2. The highest BCUT2D eigenvalue weighted by Crippen LogP contribution is 2.17. The number of rotatable bonds is 8. The first-order valence-electron chi connectivity index (χ1n) is 7.92. The van der Waals surface area contributed by atoms with Crippen molar-refractivity contribution in [3.05, 3.63) is 71.3 Å². The Balaban J connectivity index is 2.10. The summed E-state index contributed by atoms with van der Waals surface area (Å²) in [5.41, 5.74) is 6.87. The van der Waals surface area contributed by atoms with Crippen LogP contribution in [0, 0.1) is 0 Å². The minimum atomic E-state index is -1.04. The maximum atomic E-state index is 12.5. The summed E-state index contributed by atoms with van der Waals surface area (Å²) in [4.78, 5) is 35.1. The molecule has 0 fully saturated rings. The quantitative estimate of drug-likeness (QED) is 0.658. The molecule has 2 amide bonds. The second-order valence-electron chi connectivity index (χ2n) is 5.70. The predicted octanol–water partition coefficient (Wildman–Crippen LogP) is 1.29. The topological polar surface area (TPSA) is 119 Å². The molecule has 2 rings (SSSR count). The highest BCUT2D eigenvalue weighted by molar-refractivity contribution is 5.89. The van der Waals surface area contributed by atoms with Gasteiger partial charge in [-0.2, -0.15) is 0 Å². The summed E-state index contributed by atoms with van der Waals surface area (Å²) in [7, 11) is 1.40. The van der Waals surface area contributed by atoms with Gasteiger partial charge < -0.3 is 20.9 Å². The zero-order valence-electron chi connectivity index (χ0n) is 14.2. The minimum absolute atomic E-state index is 0.136. The molecule has 7 nitrogen and oxygen atoms in total. The van der Waals surface area contributed by atoms with Crippen LogP contribution < -0.4 is 11.1 Å². The fourth-order valence-corrected chi connectivity index (χ4v) is 2.51. The lowest BCUT2D eigenvalue weighted by molar-refractivity contribution is -0.134. The summed E-state index contributed by atoms with van der Waals surface area (Å²) in [6, 6.07) is 14.0. The molecule has 0 aliphatic carbocycles. The van der Waals surface area contributed by atoms with Crippen LogP contribution in [0.1, 0.15) is 27.6 Å². The van der Waals surface area contributed by atoms with Gasteiger partial charge in [0.25, 0.3) is 5.91 Å². The van der Waals surface area contributed by atoms with Gasteiger partial charge in [0.05, 0.1) is 5.56 Å². The number of hydrogen-bond acceptors (Lipinski definition) is 4. The van der Waals surface area contributed by atoms with Gasteiger partial charge in [0, 0.05) is 13.5 Å². The number of carbonyl (C=O) groups is 3. The van der Waals surface area contributed by atoms with Gasteiger partial charge in [0.2, 0.25) is 5.91 Å². The van der Waals surface area contributed by atoms with Crippen molar-refractivity contribution in [2.75, 3.05) is 7.11 Å². The van der Waals surface area contributed by atoms with Gasteiger partial charge in [-0.3, -0.25) is 9.59 Å². The molecule has 0 aliphatic rings. The third-order valence-electron chi connectivity index (χ3n) is 3.88. The molecule has 0 bridgehead atoms. The fourth-order valence-electron chi connectivity index (χ4n) is 2.51. The summed E-state index contributed by atoms with van der Waals surface area (Å²) < 4.78 is 5.24. The summed E-state index contributed by atoms with van der Waals surface area (Å²) in [6.45, 7) is 0. The van der Waals surface area contributed by atoms with Crippen LogP contribution in [-0.2, 0) is 20.7 Å². The third-order valence-corrected chi connectivity index (χ3v) is 3.88. The lowest BCUT2D eigenvalue weighted by Gasteiger charge is -2.20. The first-order valence-corrected chi connectivity index (χ1v) is 7.92. The largest absolute Gasteiger partial charge is 0.478 e. The molecule has 0 unspecified atom stereocenters. The van der Waals surface area contributed by atoms with Crippen molar-refractivity contribution in [3.8, 4) is 0 Å². The first kappa shape index (κ1) is 19.1. The van der Waals surface area contributed by atoms with Crippen LogP contribution in [0.4, 0.5) is 0 Å². The van der Waals surface area contributed by atoms with Gasteiger partial charge in [0.15, 0.2) is 6.10 Å². The van der Waals surface area contributed by atoms with Crippen LogP contribution >= 0.6 is 0 Å². The maximum Gasteiger partial charge on any atom is 0.335 e. The Bertz CT molecular complexity index is 774. The molecule has 136 valence electrons. The smallest absolute Gasteiger partial charge is 0.335 e. The van der Waals surface area contributed by atoms with E-state index in [1.165, 1.54) is 19.2 Å². The number of amides is 2. The molecule has 4 N–H and O–H groups in total. The lowest BCUT2D eigenvalue weighted by atomic mass is 10.0. The van der Waals surface area contributed by atoms with Crippen LogP contribution in [0.2, 0.25) is 0 Å². The molecule has 0 heterocycles. The molecule has 0 saturated carbocycles. The van der Waals surface area contributed by atoms with Crippen LogP contribution in [0.15, 0.2) is 54.6 Å². The van der Waals surface area contributed by atoms with Crippen LogP contribution in [0.3, 0.4) is 0 Å². The molecule has 7 heteroatoms. The van der Waals surface area contributed by atoms with E-state index in [0.29, 0.717) is 11.1 Å². The summed E-state index contributed by atoms with van der Waals surface area (Å²) in [5, 5.41) is 11.5. The predicted molar refractivity (Wildman–Crippen MR) is 94.4 cm³/mol. The molecular weight excluding hydrogens is 336 g/mol. The Morgan fingerprint density at radius 1 is 1.08 bits per heavy atom. The van der Waals surface area contributed by atoms with Crippen molar-refractivity contribution in [2.24, 2.45) is 5.73 Å². The number of primary amides is 1. The van der Waals surface area contributed by atoms with Crippen LogP contribution in [0.25, 0.3) is 0 Å². The molecule has 2 aromatic carbocycles. The summed E-state index contributed by atoms with van der Waals surface area (Å²) in [6.07, 6.45) is -0.723. The van der Waals surface area contributed by atoms with E-state index in [9.17, 15) is 14.4 Å². The SMILES string of the molecule is CO[C@@H](C(=O)N[C@@H](Cc1ccc(C(=O)O)cc1)C(N)=O)c1ccccc1. The Morgan fingerprint density at radius 3 is 2.19 bits per heavy atom. The Kier molecular flexibility index (Phi) is 6.46. The number of carboxylic acid groups (broad SMARTS) is 1. The number of ether oxygens (including phenoxy) is 1.